The van der Waals surface area contributed by atoms with Gasteiger partial charge in [0.25, 0.3) is 11.6 Å². The minimum absolute atomic E-state index is 0.171. The first-order valence-electron chi connectivity index (χ1n) is 8.59. The highest BCUT2D eigenvalue weighted by Crippen LogP contribution is 2.26. The molecule has 0 heterocycles. The molecule has 0 aromatic heterocycles. The number of halogens is 1. The molecular weight excluding hydrogens is 414 g/mol. The van der Waals surface area contributed by atoms with Gasteiger partial charge in [0, 0.05) is 17.8 Å². The second kappa shape index (κ2) is 10.6. The molecule has 154 valence electrons. The van der Waals surface area contributed by atoms with Crippen LogP contribution in [0.2, 0.25) is 5.02 Å². The van der Waals surface area contributed by atoms with Crippen LogP contribution in [-0.4, -0.2) is 30.0 Å². The minimum Gasteiger partial charge on any atom is -0.480 e. The number of non-ortho nitro benzene ring substituents is 1. The molecule has 0 fully saturated rings. The van der Waals surface area contributed by atoms with Crippen LogP contribution in [0.3, 0.4) is 0 Å². The van der Waals surface area contributed by atoms with Crippen LogP contribution < -0.4 is 10.1 Å². The lowest BCUT2D eigenvalue weighted by molar-refractivity contribution is -0.384. The molecule has 1 amide bonds. The van der Waals surface area contributed by atoms with Gasteiger partial charge in [0.2, 0.25) is 0 Å². The Labute approximate surface area is 176 Å². The van der Waals surface area contributed by atoms with Crippen LogP contribution in [0.5, 0.6) is 5.75 Å². The molecule has 0 aliphatic rings. The fourth-order valence-electron chi connectivity index (χ4n) is 2.27. The van der Waals surface area contributed by atoms with Gasteiger partial charge >= 0.3 is 5.97 Å². The highest BCUT2D eigenvalue weighted by atomic mass is 35.5. The smallest absolute Gasteiger partial charge is 0.344 e. The number of amides is 1. The molecule has 9 nitrogen and oxygen atoms in total. The summed E-state index contributed by atoms with van der Waals surface area (Å²) in [6, 6.07) is 11.6. The number of nitrogens with zero attached hydrogens (tertiary/aromatic N) is 2. The summed E-state index contributed by atoms with van der Waals surface area (Å²) in [6.45, 7) is 1.60. The standard InChI is InChI=1S/C20H16ClN3O6/c1-2-29-19(25)12-30-18-7-6-13(9-17(18)21)8-14(11-22)20(26)23-15-4-3-5-16(10-15)24(27)28/h3-10H,2,12H2,1H3,(H,23,26)/b14-8+. The number of nitriles is 1. The third kappa shape index (κ3) is 6.32. The van der Waals surface area contributed by atoms with Crippen LogP contribution in [-0.2, 0) is 14.3 Å². The maximum absolute atomic E-state index is 12.3. The summed E-state index contributed by atoms with van der Waals surface area (Å²) < 4.78 is 10.0. The first kappa shape index (κ1) is 22.4. The highest BCUT2D eigenvalue weighted by Gasteiger charge is 2.13. The Morgan fingerprint density at radius 3 is 2.70 bits per heavy atom. The number of hydrogen-bond donors (Lipinski definition) is 1. The molecule has 0 aliphatic heterocycles. The Kier molecular flexibility index (Phi) is 7.90. The van der Waals surface area contributed by atoms with Crippen LogP contribution in [0.4, 0.5) is 11.4 Å². The largest absolute Gasteiger partial charge is 0.480 e. The number of carbonyl (C=O) groups excluding carboxylic acids is 2. The number of hydrogen-bond acceptors (Lipinski definition) is 7. The molecule has 2 aromatic rings. The normalized spacial score (nSPS) is 10.6. The van der Waals surface area contributed by atoms with Crippen LogP contribution in [0.15, 0.2) is 48.0 Å². The fourth-order valence-corrected chi connectivity index (χ4v) is 2.52. The van der Waals surface area contributed by atoms with E-state index in [1.54, 1.807) is 19.1 Å². The number of rotatable bonds is 8. The van der Waals surface area contributed by atoms with E-state index in [1.807, 2.05) is 0 Å². The third-order valence-electron chi connectivity index (χ3n) is 3.60. The van der Waals surface area contributed by atoms with Gasteiger partial charge in [0.05, 0.1) is 16.6 Å². The second-order valence-electron chi connectivity index (χ2n) is 5.71. The number of carbonyl (C=O) groups is 2. The van der Waals surface area contributed by atoms with Crippen molar-refractivity contribution in [1.29, 1.82) is 5.26 Å². The van der Waals surface area contributed by atoms with Crippen molar-refractivity contribution in [2.45, 2.75) is 6.92 Å². The number of esters is 1. The molecular formula is C20H16ClN3O6. The predicted octanol–water partition coefficient (Wildman–Crippen LogP) is 3.74. The number of nitro benzene ring substituents is 1. The van der Waals surface area contributed by atoms with Gasteiger partial charge in [-0.25, -0.2) is 4.79 Å². The molecule has 0 radical (unpaired) electrons. The first-order valence-corrected chi connectivity index (χ1v) is 8.97. The number of anilines is 1. The monoisotopic (exact) mass is 429 g/mol. The van der Waals surface area contributed by atoms with Gasteiger partial charge in [0.1, 0.15) is 17.4 Å². The molecule has 2 aromatic carbocycles. The molecule has 0 saturated heterocycles. The van der Waals surface area contributed by atoms with E-state index >= 15 is 0 Å². The Balaban J connectivity index is 2.13. The van der Waals surface area contributed by atoms with Crippen molar-refractivity contribution in [1.82, 2.24) is 0 Å². The first-order chi connectivity index (χ1) is 14.3. The molecule has 0 spiro atoms. The van der Waals surface area contributed by atoms with Crippen LogP contribution in [0.1, 0.15) is 12.5 Å². The van der Waals surface area contributed by atoms with E-state index in [0.717, 1.165) is 0 Å². The zero-order valence-electron chi connectivity index (χ0n) is 15.8. The van der Waals surface area contributed by atoms with Crippen molar-refractivity contribution in [2.24, 2.45) is 0 Å². The lowest BCUT2D eigenvalue weighted by Crippen LogP contribution is -2.14. The molecule has 0 saturated carbocycles. The summed E-state index contributed by atoms with van der Waals surface area (Å²) in [5.41, 5.74) is 0.184. The van der Waals surface area contributed by atoms with Gasteiger partial charge in [-0.05, 0) is 36.8 Å². The molecule has 1 N–H and O–H groups in total. The number of nitro groups is 1. The van der Waals surface area contributed by atoms with Gasteiger partial charge in [-0.15, -0.1) is 0 Å². The van der Waals surface area contributed by atoms with Gasteiger partial charge in [0.15, 0.2) is 6.61 Å². The molecule has 30 heavy (non-hydrogen) atoms. The Morgan fingerprint density at radius 1 is 1.30 bits per heavy atom. The molecule has 10 heteroatoms. The summed E-state index contributed by atoms with van der Waals surface area (Å²) in [4.78, 5) is 33.9. The van der Waals surface area contributed by atoms with E-state index in [0.29, 0.717) is 5.56 Å². The minimum atomic E-state index is -0.739. The summed E-state index contributed by atoms with van der Waals surface area (Å²) in [6.07, 6.45) is 1.30. The fraction of sp³-hybridized carbons (Fsp3) is 0.150. The summed E-state index contributed by atoms with van der Waals surface area (Å²) in [7, 11) is 0. The Morgan fingerprint density at radius 2 is 2.07 bits per heavy atom. The van der Waals surface area contributed by atoms with Crippen LogP contribution >= 0.6 is 11.6 Å². The van der Waals surface area contributed by atoms with Crippen molar-refractivity contribution in [2.75, 3.05) is 18.5 Å². The van der Waals surface area contributed by atoms with Crippen molar-refractivity contribution in [3.8, 4) is 11.8 Å². The van der Waals surface area contributed by atoms with Crippen molar-refractivity contribution in [3.63, 3.8) is 0 Å². The van der Waals surface area contributed by atoms with Crippen LogP contribution in [0, 0.1) is 21.4 Å². The Hall–Kier alpha value is -3.90. The maximum atomic E-state index is 12.3. The number of nitrogens with one attached hydrogen (secondary N) is 1. The van der Waals surface area contributed by atoms with Gasteiger partial charge in [-0.3, -0.25) is 14.9 Å². The van der Waals surface area contributed by atoms with E-state index < -0.39 is 16.8 Å². The quantitative estimate of drug-likeness (QED) is 0.222. The number of benzene rings is 2. The van der Waals surface area contributed by atoms with E-state index in [2.05, 4.69) is 5.32 Å². The van der Waals surface area contributed by atoms with E-state index in [9.17, 15) is 25.0 Å². The predicted molar refractivity (Wildman–Crippen MR) is 109 cm³/mol. The van der Waals surface area contributed by atoms with E-state index in [-0.39, 0.29) is 40.9 Å². The second-order valence-corrected chi connectivity index (χ2v) is 6.12. The molecule has 0 atom stereocenters. The average molecular weight is 430 g/mol. The van der Waals surface area contributed by atoms with Gasteiger partial charge < -0.3 is 14.8 Å². The average Bonchev–Trinajstić information content (AvgIpc) is 2.71. The highest BCUT2D eigenvalue weighted by molar-refractivity contribution is 6.32. The number of ether oxygens (including phenoxy) is 2. The van der Waals surface area contributed by atoms with Crippen molar-refractivity contribution in [3.05, 3.63) is 68.7 Å². The molecule has 0 unspecified atom stereocenters. The Bertz CT molecular complexity index is 1050. The lowest BCUT2D eigenvalue weighted by Gasteiger charge is -2.08. The van der Waals surface area contributed by atoms with E-state index in [1.165, 1.54) is 42.5 Å². The maximum Gasteiger partial charge on any atom is 0.344 e. The molecule has 0 aliphatic carbocycles. The van der Waals surface area contributed by atoms with Gasteiger partial charge in [-0.1, -0.05) is 23.7 Å². The SMILES string of the molecule is CCOC(=O)COc1ccc(/C=C(\C#N)C(=O)Nc2cccc([N+](=O)[O-])c2)cc1Cl. The van der Waals surface area contributed by atoms with Crippen molar-refractivity contribution < 1.29 is 24.0 Å². The van der Waals surface area contributed by atoms with Crippen LogP contribution in [0.25, 0.3) is 6.08 Å². The summed E-state index contributed by atoms with van der Waals surface area (Å²) in [5, 5.41) is 22.7. The summed E-state index contributed by atoms with van der Waals surface area (Å²) >= 11 is 6.12. The molecule has 0 bridgehead atoms. The molecule has 2 rings (SSSR count). The van der Waals surface area contributed by atoms with Crippen molar-refractivity contribution >= 4 is 40.9 Å². The lowest BCUT2D eigenvalue weighted by atomic mass is 10.1. The van der Waals surface area contributed by atoms with Gasteiger partial charge in [-0.2, -0.15) is 5.26 Å². The third-order valence-corrected chi connectivity index (χ3v) is 3.89. The summed E-state index contributed by atoms with van der Waals surface area (Å²) in [5.74, 6) is -1.04. The zero-order valence-corrected chi connectivity index (χ0v) is 16.5. The van der Waals surface area contributed by atoms with E-state index in [4.69, 9.17) is 21.1 Å². The topological polar surface area (TPSA) is 132 Å². The zero-order chi connectivity index (χ0) is 22.1.